The molecule has 24 heavy (non-hydrogen) atoms. The van der Waals surface area contributed by atoms with E-state index in [1.807, 2.05) is 13.0 Å². The van der Waals surface area contributed by atoms with Gasteiger partial charge in [0.2, 0.25) is 0 Å². The van der Waals surface area contributed by atoms with Crippen LogP contribution in [0.3, 0.4) is 0 Å². The normalized spacial score (nSPS) is 16.0. The minimum Gasteiger partial charge on any atom is -0.268 e. The van der Waals surface area contributed by atoms with Crippen LogP contribution in [0, 0.1) is 17.0 Å². The van der Waals surface area contributed by atoms with Gasteiger partial charge >= 0.3 is 0 Å². The summed E-state index contributed by atoms with van der Waals surface area (Å²) in [6.07, 6.45) is 1.49. The fraction of sp³-hybridized carbons (Fsp3) is 0.0588. The van der Waals surface area contributed by atoms with Crippen molar-refractivity contribution in [3.63, 3.8) is 0 Å². The molecule has 0 N–H and O–H groups in total. The lowest BCUT2D eigenvalue weighted by molar-refractivity contribution is -0.384. The Labute approximate surface area is 141 Å². The minimum absolute atomic E-state index is 0.0679. The lowest BCUT2D eigenvalue weighted by atomic mass is 10.2. The minimum atomic E-state index is -0.504. The van der Waals surface area contributed by atoms with E-state index in [9.17, 15) is 19.7 Å². The van der Waals surface area contributed by atoms with Crippen molar-refractivity contribution in [2.75, 3.05) is 4.90 Å². The predicted octanol–water partition coefficient (Wildman–Crippen LogP) is 4.14. The Morgan fingerprint density at radius 2 is 1.88 bits per heavy atom. The van der Waals surface area contributed by atoms with Crippen LogP contribution in [0.25, 0.3) is 6.08 Å². The molecule has 2 aromatic carbocycles. The molecule has 1 fully saturated rings. The molecule has 0 spiro atoms. The van der Waals surface area contributed by atoms with E-state index in [0.29, 0.717) is 11.3 Å². The summed E-state index contributed by atoms with van der Waals surface area (Å²) in [7, 11) is 0. The van der Waals surface area contributed by atoms with E-state index in [4.69, 9.17) is 0 Å². The Kier molecular flexibility index (Phi) is 4.18. The van der Waals surface area contributed by atoms with Gasteiger partial charge in [0.15, 0.2) is 0 Å². The van der Waals surface area contributed by atoms with Crippen LogP contribution in [0.4, 0.5) is 16.2 Å². The lowest BCUT2D eigenvalue weighted by Gasteiger charge is -2.12. The summed E-state index contributed by atoms with van der Waals surface area (Å²) in [6.45, 7) is 1.88. The SMILES string of the molecule is Cc1cccc(N2C(=O)SC(=Cc3cccc([N+](=O)[O-])c3)C2=O)c1. The molecule has 1 heterocycles. The van der Waals surface area contributed by atoms with Crippen molar-refractivity contribution in [2.24, 2.45) is 0 Å². The van der Waals surface area contributed by atoms with Crippen LogP contribution in [-0.2, 0) is 4.79 Å². The quantitative estimate of drug-likeness (QED) is 0.476. The summed E-state index contributed by atoms with van der Waals surface area (Å²) in [5.41, 5.74) is 1.88. The Balaban J connectivity index is 1.94. The topological polar surface area (TPSA) is 80.5 Å². The first-order chi connectivity index (χ1) is 11.5. The van der Waals surface area contributed by atoms with Crippen LogP contribution < -0.4 is 4.90 Å². The Morgan fingerprint density at radius 1 is 1.12 bits per heavy atom. The molecule has 1 aliphatic heterocycles. The van der Waals surface area contributed by atoms with Crippen LogP contribution in [0.5, 0.6) is 0 Å². The van der Waals surface area contributed by atoms with E-state index in [0.717, 1.165) is 22.2 Å². The zero-order valence-electron chi connectivity index (χ0n) is 12.6. The zero-order chi connectivity index (χ0) is 17.3. The van der Waals surface area contributed by atoms with Crippen LogP contribution in [-0.4, -0.2) is 16.1 Å². The van der Waals surface area contributed by atoms with Crippen molar-refractivity contribution in [3.8, 4) is 0 Å². The largest absolute Gasteiger partial charge is 0.298 e. The number of anilines is 1. The van der Waals surface area contributed by atoms with Crippen molar-refractivity contribution < 1.29 is 14.5 Å². The number of nitrogens with zero attached hydrogens (tertiary/aromatic N) is 2. The number of aryl methyl sites for hydroxylation is 1. The van der Waals surface area contributed by atoms with Gasteiger partial charge in [-0.25, -0.2) is 4.90 Å². The van der Waals surface area contributed by atoms with Gasteiger partial charge in [-0.2, -0.15) is 0 Å². The first-order valence-corrected chi connectivity index (χ1v) is 7.86. The van der Waals surface area contributed by atoms with Gasteiger partial charge in [-0.1, -0.05) is 24.3 Å². The highest BCUT2D eigenvalue weighted by Crippen LogP contribution is 2.36. The highest BCUT2D eigenvalue weighted by atomic mass is 32.2. The summed E-state index contributed by atoms with van der Waals surface area (Å²) in [6, 6.07) is 13.0. The molecule has 0 unspecified atom stereocenters. The van der Waals surface area contributed by atoms with Crippen molar-refractivity contribution >= 4 is 40.4 Å². The fourth-order valence-electron chi connectivity index (χ4n) is 2.34. The standard InChI is InChI=1S/C17H12N2O4S/c1-11-4-2-6-13(8-11)18-16(20)15(24-17(18)21)10-12-5-3-7-14(9-12)19(22)23/h2-10H,1H3. The van der Waals surface area contributed by atoms with Crippen LogP contribution in [0.2, 0.25) is 0 Å². The molecule has 0 aromatic heterocycles. The molecule has 1 aliphatic rings. The highest BCUT2D eigenvalue weighted by molar-refractivity contribution is 8.19. The molecular formula is C17H12N2O4S. The van der Waals surface area contributed by atoms with E-state index in [-0.39, 0.29) is 15.8 Å². The molecule has 3 rings (SSSR count). The molecule has 7 heteroatoms. The first-order valence-electron chi connectivity index (χ1n) is 7.05. The second kappa shape index (κ2) is 6.29. The maximum absolute atomic E-state index is 12.5. The van der Waals surface area contributed by atoms with Crippen molar-refractivity contribution in [1.29, 1.82) is 0 Å². The monoisotopic (exact) mass is 340 g/mol. The first kappa shape index (κ1) is 15.9. The molecule has 0 radical (unpaired) electrons. The Bertz CT molecular complexity index is 892. The number of hydrogen-bond acceptors (Lipinski definition) is 5. The number of amides is 2. The third kappa shape index (κ3) is 3.07. The van der Waals surface area contributed by atoms with E-state index in [1.54, 1.807) is 24.3 Å². The van der Waals surface area contributed by atoms with Gasteiger partial charge in [0.25, 0.3) is 16.8 Å². The summed E-state index contributed by atoms with van der Waals surface area (Å²) >= 11 is 0.820. The number of thioether (sulfide) groups is 1. The molecule has 1 saturated heterocycles. The van der Waals surface area contributed by atoms with Crippen molar-refractivity contribution in [2.45, 2.75) is 6.92 Å². The van der Waals surface area contributed by atoms with Gasteiger partial charge < -0.3 is 0 Å². The molecule has 2 aromatic rings. The molecular weight excluding hydrogens is 328 g/mol. The second-order valence-corrected chi connectivity index (χ2v) is 6.20. The van der Waals surface area contributed by atoms with E-state index in [2.05, 4.69) is 0 Å². The van der Waals surface area contributed by atoms with Gasteiger partial charge in [-0.15, -0.1) is 0 Å². The van der Waals surface area contributed by atoms with Gasteiger partial charge in [0.1, 0.15) is 0 Å². The van der Waals surface area contributed by atoms with Crippen LogP contribution in [0.15, 0.2) is 53.4 Å². The van der Waals surface area contributed by atoms with E-state index < -0.39 is 10.8 Å². The Hall–Kier alpha value is -2.93. The van der Waals surface area contributed by atoms with E-state index in [1.165, 1.54) is 24.3 Å². The third-order valence-corrected chi connectivity index (χ3v) is 4.30. The van der Waals surface area contributed by atoms with Gasteiger partial charge in [-0.05, 0) is 48.0 Å². The predicted molar refractivity (Wildman–Crippen MR) is 92.7 cm³/mol. The maximum Gasteiger partial charge on any atom is 0.298 e. The highest BCUT2D eigenvalue weighted by Gasteiger charge is 2.36. The molecule has 0 aliphatic carbocycles. The van der Waals surface area contributed by atoms with Gasteiger partial charge in [0, 0.05) is 12.1 Å². The molecule has 0 saturated carbocycles. The zero-order valence-corrected chi connectivity index (χ0v) is 13.4. The molecule has 0 bridgehead atoms. The number of carbonyl (C=O) groups excluding carboxylic acids is 2. The number of non-ortho nitro benzene ring substituents is 1. The molecule has 2 amide bonds. The van der Waals surface area contributed by atoms with Gasteiger partial charge in [-0.3, -0.25) is 19.7 Å². The Morgan fingerprint density at radius 3 is 2.58 bits per heavy atom. The van der Waals surface area contributed by atoms with E-state index >= 15 is 0 Å². The van der Waals surface area contributed by atoms with Gasteiger partial charge in [0.05, 0.1) is 15.5 Å². The van der Waals surface area contributed by atoms with Crippen molar-refractivity contribution in [3.05, 3.63) is 74.7 Å². The lowest BCUT2D eigenvalue weighted by Crippen LogP contribution is -2.27. The smallest absolute Gasteiger partial charge is 0.268 e. The third-order valence-electron chi connectivity index (χ3n) is 3.43. The number of hydrogen-bond donors (Lipinski definition) is 0. The van der Waals surface area contributed by atoms with Crippen LogP contribution >= 0.6 is 11.8 Å². The number of carbonyl (C=O) groups is 2. The summed E-state index contributed by atoms with van der Waals surface area (Å²) in [4.78, 5) is 36.4. The number of benzene rings is 2. The number of imide groups is 1. The number of rotatable bonds is 3. The summed E-state index contributed by atoms with van der Waals surface area (Å²) in [5, 5.41) is 10.4. The average molecular weight is 340 g/mol. The molecule has 0 atom stereocenters. The summed E-state index contributed by atoms with van der Waals surface area (Å²) < 4.78 is 0. The average Bonchev–Trinajstić information content (AvgIpc) is 2.81. The number of nitro groups is 1. The van der Waals surface area contributed by atoms with Crippen molar-refractivity contribution in [1.82, 2.24) is 0 Å². The summed E-state index contributed by atoms with van der Waals surface area (Å²) in [5.74, 6) is -0.429. The second-order valence-electron chi connectivity index (χ2n) is 5.21. The van der Waals surface area contributed by atoms with Crippen LogP contribution in [0.1, 0.15) is 11.1 Å². The fourth-order valence-corrected chi connectivity index (χ4v) is 3.18. The maximum atomic E-state index is 12.5. The molecule has 6 nitrogen and oxygen atoms in total. The molecule has 120 valence electrons. The number of nitro benzene ring substituents is 1.